The summed E-state index contributed by atoms with van der Waals surface area (Å²) in [6.07, 6.45) is 7.23. The minimum atomic E-state index is -0.575. The zero-order valence-electron chi connectivity index (χ0n) is 12.7. The van der Waals surface area contributed by atoms with Crippen molar-refractivity contribution in [3.05, 3.63) is 63.5 Å². The van der Waals surface area contributed by atoms with Crippen molar-refractivity contribution in [2.45, 2.75) is 6.92 Å². The van der Waals surface area contributed by atoms with Crippen LogP contribution in [0.3, 0.4) is 0 Å². The first-order valence-corrected chi connectivity index (χ1v) is 6.91. The number of aromatic amines is 1. The van der Waals surface area contributed by atoms with Gasteiger partial charge >= 0.3 is 5.69 Å². The molecule has 0 saturated heterocycles. The second-order valence-corrected chi connectivity index (χ2v) is 4.87. The molecule has 3 aromatic heterocycles. The fraction of sp³-hybridized carbons (Fsp3) is 0.125. The van der Waals surface area contributed by atoms with Crippen LogP contribution in [0.15, 0.2) is 51.0 Å². The summed E-state index contributed by atoms with van der Waals surface area (Å²) in [6.45, 7) is 5.65. The monoisotopic (exact) mass is 310 g/mol. The molecule has 0 amide bonds. The molecule has 0 bridgehead atoms. The standard InChI is InChI=1S/C16H14N4O3/c1-4-6-7-9(5-2)11-8-10-15(23-11)18-13-12(17-10)14(21)19-16(22)20(13)3/h4-8H,2H2,1,3H3,(H,19,21,22)/b6-4-,9-7+. The Balaban J connectivity index is 2.32. The van der Waals surface area contributed by atoms with E-state index in [1.54, 1.807) is 12.1 Å². The number of H-pyrrole nitrogens is 1. The van der Waals surface area contributed by atoms with Crippen LogP contribution in [-0.2, 0) is 7.05 Å². The molecule has 0 aromatic carbocycles. The molecule has 0 aliphatic carbocycles. The molecule has 23 heavy (non-hydrogen) atoms. The first-order valence-electron chi connectivity index (χ1n) is 6.91. The van der Waals surface area contributed by atoms with E-state index in [0.29, 0.717) is 11.3 Å². The summed E-state index contributed by atoms with van der Waals surface area (Å²) in [5.41, 5.74) is 0.576. The van der Waals surface area contributed by atoms with Gasteiger partial charge in [-0.3, -0.25) is 14.3 Å². The van der Waals surface area contributed by atoms with E-state index >= 15 is 0 Å². The molecule has 0 aliphatic rings. The predicted octanol–water partition coefficient (Wildman–Crippen LogP) is 1.91. The van der Waals surface area contributed by atoms with Gasteiger partial charge in [0.15, 0.2) is 11.2 Å². The quantitative estimate of drug-likeness (QED) is 0.746. The molecule has 0 saturated carbocycles. The Morgan fingerprint density at radius 1 is 1.39 bits per heavy atom. The van der Waals surface area contributed by atoms with Crippen molar-refractivity contribution in [3.63, 3.8) is 0 Å². The van der Waals surface area contributed by atoms with Crippen LogP contribution in [0.4, 0.5) is 0 Å². The van der Waals surface area contributed by atoms with Crippen LogP contribution in [0.5, 0.6) is 0 Å². The van der Waals surface area contributed by atoms with E-state index in [-0.39, 0.29) is 16.9 Å². The maximum atomic E-state index is 11.9. The maximum absolute atomic E-state index is 11.9. The van der Waals surface area contributed by atoms with Crippen molar-refractivity contribution in [1.82, 2.24) is 19.5 Å². The lowest BCUT2D eigenvalue weighted by molar-refractivity contribution is 0.589. The van der Waals surface area contributed by atoms with Crippen LogP contribution in [0.1, 0.15) is 12.7 Å². The van der Waals surface area contributed by atoms with Gasteiger partial charge in [-0.25, -0.2) is 9.78 Å². The van der Waals surface area contributed by atoms with E-state index in [1.165, 1.54) is 11.6 Å². The molecular formula is C16H14N4O3. The van der Waals surface area contributed by atoms with Crippen LogP contribution < -0.4 is 11.2 Å². The van der Waals surface area contributed by atoms with Crippen LogP contribution in [0, 0.1) is 0 Å². The van der Waals surface area contributed by atoms with Crippen LogP contribution >= 0.6 is 0 Å². The minimum Gasteiger partial charge on any atom is -0.436 e. The summed E-state index contributed by atoms with van der Waals surface area (Å²) < 4.78 is 6.90. The van der Waals surface area contributed by atoms with E-state index in [4.69, 9.17) is 4.42 Å². The Morgan fingerprint density at radius 2 is 2.17 bits per heavy atom. The predicted molar refractivity (Wildman–Crippen MR) is 88.2 cm³/mol. The minimum absolute atomic E-state index is 0.0875. The van der Waals surface area contributed by atoms with Gasteiger partial charge in [-0.1, -0.05) is 30.9 Å². The van der Waals surface area contributed by atoms with Gasteiger partial charge < -0.3 is 4.42 Å². The van der Waals surface area contributed by atoms with Gasteiger partial charge in [0.2, 0.25) is 5.71 Å². The Kier molecular flexibility index (Phi) is 3.53. The first-order chi connectivity index (χ1) is 11.0. The van der Waals surface area contributed by atoms with E-state index < -0.39 is 11.2 Å². The van der Waals surface area contributed by atoms with E-state index in [9.17, 15) is 9.59 Å². The summed E-state index contributed by atoms with van der Waals surface area (Å²) in [4.78, 5) is 34.2. The third kappa shape index (κ3) is 2.42. The number of fused-ring (bicyclic) bond motifs is 2. The normalized spacial score (nSPS) is 12.5. The van der Waals surface area contributed by atoms with Gasteiger partial charge in [0.05, 0.1) is 0 Å². The van der Waals surface area contributed by atoms with Crippen molar-refractivity contribution < 1.29 is 4.42 Å². The number of nitrogens with zero attached hydrogens (tertiary/aromatic N) is 3. The average molecular weight is 310 g/mol. The highest BCUT2D eigenvalue weighted by Crippen LogP contribution is 2.24. The topological polar surface area (TPSA) is 93.8 Å². The fourth-order valence-corrected chi connectivity index (χ4v) is 2.17. The molecule has 7 nitrogen and oxygen atoms in total. The number of aryl methyl sites for hydroxylation is 1. The smallest absolute Gasteiger partial charge is 0.329 e. The molecule has 0 fully saturated rings. The van der Waals surface area contributed by atoms with Gasteiger partial charge in [-0.05, 0) is 6.92 Å². The number of aromatic nitrogens is 4. The molecule has 0 unspecified atom stereocenters. The van der Waals surface area contributed by atoms with E-state index in [2.05, 4.69) is 21.5 Å². The number of furan rings is 1. The Labute approximate surface area is 130 Å². The summed E-state index contributed by atoms with van der Waals surface area (Å²) in [5.74, 6) is 0.532. The van der Waals surface area contributed by atoms with Gasteiger partial charge in [-0.2, -0.15) is 4.98 Å². The lowest BCUT2D eigenvalue weighted by Gasteiger charge is -2.00. The number of hydrogen-bond donors (Lipinski definition) is 1. The highest BCUT2D eigenvalue weighted by molar-refractivity contribution is 5.84. The van der Waals surface area contributed by atoms with Gasteiger partial charge in [-0.15, -0.1) is 0 Å². The number of allylic oxidation sites excluding steroid dienone is 5. The first kappa shape index (κ1) is 14.7. The summed E-state index contributed by atoms with van der Waals surface area (Å²) in [7, 11) is 1.51. The molecule has 0 radical (unpaired) electrons. The van der Waals surface area contributed by atoms with Crippen LogP contribution in [-0.4, -0.2) is 19.5 Å². The van der Waals surface area contributed by atoms with E-state index in [0.717, 1.165) is 5.57 Å². The Morgan fingerprint density at radius 3 is 2.87 bits per heavy atom. The highest BCUT2D eigenvalue weighted by atomic mass is 16.3. The van der Waals surface area contributed by atoms with Gasteiger partial charge in [0.1, 0.15) is 11.3 Å². The molecule has 0 spiro atoms. The molecule has 7 heteroatoms. The van der Waals surface area contributed by atoms with Crippen LogP contribution in [0.2, 0.25) is 0 Å². The highest BCUT2D eigenvalue weighted by Gasteiger charge is 2.14. The Hall–Kier alpha value is -3.22. The average Bonchev–Trinajstić information content (AvgIpc) is 2.95. The molecule has 0 atom stereocenters. The van der Waals surface area contributed by atoms with E-state index in [1.807, 2.05) is 25.2 Å². The third-order valence-electron chi connectivity index (χ3n) is 3.38. The summed E-state index contributed by atoms with van der Waals surface area (Å²) in [6, 6.07) is 1.68. The molecule has 116 valence electrons. The maximum Gasteiger partial charge on any atom is 0.329 e. The number of nitrogens with one attached hydrogen (secondary N) is 1. The molecule has 0 aliphatic heterocycles. The van der Waals surface area contributed by atoms with Crippen molar-refractivity contribution in [1.29, 1.82) is 0 Å². The van der Waals surface area contributed by atoms with Crippen molar-refractivity contribution in [2.24, 2.45) is 7.05 Å². The van der Waals surface area contributed by atoms with Crippen molar-refractivity contribution in [2.75, 3.05) is 0 Å². The second kappa shape index (κ2) is 5.53. The zero-order valence-corrected chi connectivity index (χ0v) is 12.7. The molecular weight excluding hydrogens is 296 g/mol. The summed E-state index contributed by atoms with van der Waals surface area (Å²) >= 11 is 0. The molecule has 3 rings (SSSR count). The molecule has 1 N–H and O–H groups in total. The SMILES string of the molecule is C=C/C(=C\C=C/C)c1cc2nc3c(=O)[nH]c(=O)n(C)c3nc2o1. The zero-order chi connectivity index (χ0) is 16.6. The van der Waals surface area contributed by atoms with Crippen molar-refractivity contribution in [3.8, 4) is 0 Å². The van der Waals surface area contributed by atoms with Gasteiger partial charge in [0.25, 0.3) is 5.56 Å². The van der Waals surface area contributed by atoms with Crippen LogP contribution in [0.25, 0.3) is 28.0 Å². The number of hydrogen-bond acceptors (Lipinski definition) is 5. The third-order valence-corrected chi connectivity index (χ3v) is 3.38. The summed E-state index contributed by atoms with van der Waals surface area (Å²) in [5, 5.41) is 0. The number of rotatable bonds is 3. The second-order valence-electron chi connectivity index (χ2n) is 4.87. The molecule has 3 heterocycles. The lowest BCUT2D eigenvalue weighted by Crippen LogP contribution is -2.29. The molecule has 3 aromatic rings. The Bertz CT molecular complexity index is 1100. The fourth-order valence-electron chi connectivity index (χ4n) is 2.17. The lowest BCUT2D eigenvalue weighted by atomic mass is 10.2. The van der Waals surface area contributed by atoms with Crippen molar-refractivity contribution >= 4 is 28.0 Å². The largest absolute Gasteiger partial charge is 0.436 e. The van der Waals surface area contributed by atoms with Gasteiger partial charge in [0, 0.05) is 18.7 Å².